The van der Waals surface area contributed by atoms with Crippen molar-refractivity contribution in [2.45, 2.75) is 32.2 Å². The molecule has 0 aromatic carbocycles. The van der Waals surface area contributed by atoms with Crippen molar-refractivity contribution < 1.29 is 4.79 Å². The summed E-state index contributed by atoms with van der Waals surface area (Å²) >= 11 is 0. The summed E-state index contributed by atoms with van der Waals surface area (Å²) in [5.41, 5.74) is 2.93. The average molecular weight is 402 g/mol. The van der Waals surface area contributed by atoms with Crippen LogP contribution in [0.4, 0.5) is 5.82 Å². The number of amides is 1. The maximum Gasteiger partial charge on any atom is 0.275 e. The van der Waals surface area contributed by atoms with Crippen LogP contribution in [0.2, 0.25) is 0 Å². The van der Waals surface area contributed by atoms with Crippen LogP contribution in [0.15, 0.2) is 67.3 Å². The van der Waals surface area contributed by atoms with Crippen LogP contribution in [0.25, 0.3) is 0 Å². The second kappa shape index (κ2) is 10.1. The zero-order valence-electron chi connectivity index (χ0n) is 17.1. The van der Waals surface area contributed by atoms with Gasteiger partial charge in [-0.1, -0.05) is 6.07 Å². The van der Waals surface area contributed by atoms with E-state index in [2.05, 4.69) is 37.3 Å². The fourth-order valence-corrected chi connectivity index (χ4v) is 3.93. The number of aryl methyl sites for hydroxylation is 1. The summed E-state index contributed by atoms with van der Waals surface area (Å²) in [7, 11) is 0. The van der Waals surface area contributed by atoms with E-state index in [1.54, 1.807) is 30.6 Å². The van der Waals surface area contributed by atoms with Crippen LogP contribution < -0.4 is 5.32 Å². The highest BCUT2D eigenvalue weighted by Gasteiger charge is 2.19. The van der Waals surface area contributed by atoms with Crippen LogP contribution in [0.3, 0.4) is 0 Å². The van der Waals surface area contributed by atoms with Crippen LogP contribution in [0.1, 0.15) is 40.9 Å². The lowest BCUT2D eigenvalue weighted by Crippen LogP contribution is -2.33. The predicted molar refractivity (Wildman–Crippen MR) is 117 cm³/mol. The number of carbonyl (C=O) groups is 1. The molecule has 1 amide bonds. The molecule has 0 atom stereocenters. The van der Waals surface area contributed by atoms with Crippen molar-refractivity contribution in [3.8, 4) is 0 Å². The number of likely N-dealkylation sites (tertiary alicyclic amines) is 1. The molecule has 3 aromatic heterocycles. The molecule has 1 saturated heterocycles. The molecular weight excluding hydrogens is 374 g/mol. The Bertz CT molecular complexity index is 940. The topological polar surface area (TPSA) is 71.0 Å². The molecule has 0 saturated carbocycles. The maximum absolute atomic E-state index is 12.3. The van der Waals surface area contributed by atoms with Crippen molar-refractivity contribution in [3.05, 3.63) is 84.1 Å². The first kappa shape index (κ1) is 20.2. The van der Waals surface area contributed by atoms with Crippen LogP contribution in [-0.2, 0) is 13.0 Å². The van der Waals surface area contributed by atoms with E-state index >= 15 is 0 Å². The highest BCUT2D eigenvalue weighted by atomic mass is 16.1. The first-order valence-electron chi connectivity index (χ1n) is 10.5. The Kier molecular flexibility index (Phi) is 6.77. The summed E-state index contributed by atoms with van der Waals surface area (Å²) in [4.78, 5) is 27.3. The van der Waals surface area contributed by atoms with Gasteiger partial charge in [-0.05, 0) is 92.2 Å². The number of anilines is 1. The van der Waals surface area contributed by atoms with Gasteiger partial charge in [-0.2, -0.15) is 0 Å². The number of carbonyl (C=O) groups excluding carboxylic acids is 1. The van der Waals surface area contributed by atoms with E-state index in [1.807, 2.05) is 24.5 Å². The lowest BCUT2D eigenvalue weighted by molar-refractivity contribution is 0.102. The Labute approximate surface area is 177 Å². The van der Waals surface area contributed by atoms with Gasteiger partial charge in [0.1, 0.15) is 11.5 Å². The number of rotatable bonds is 7. The summed E-state index contributed by atoms with van der Waals surface area (Å²) in [5, 5.41) is 2.84. The number of piperidine rings is 1. The van der Waals surface area contributed by atoms with Gasteiger partial charge < -0.3 is 5.32 Å². The molecule has 0 spiro atoms. The van der Waals surface area contributed by atoms with E-state index < -0.39 is 0 Å². The van der Waals surface area contributed by atoms with Crippen molar-refractivity contribution in [2.24, 2.45) is 5.92 Å². The molecule has 4 rings (SSSR count). The standard InChI is InChI=1S/C24H27N5O/c30-24(22-3-1-2-11-26-22)28-23-17-20(8-14-27-23)5-4-19-9-15-29(16-10-19)18-21-6-12-25-13-7-21/h1-3,6-8,11-14,17,19H,4-5,9-10,15-16,18H2,(H,27,28,30). The third kappa shape index (κ3) is 5.70. The number of pyridine rings is 3. The molecule has 6 nitrogen and oxygen atoms in total. The van der Waals surface area contributed by atoms with E-state index in [1.165, 1.54) is 30.4 Å². The molecule has 4 heterocycles. The lowest BCUT2D eigenvalue weighted by Gasteiger charge is -2.32. The Morgan fingerprint density at radius 1 is 0.967 bits per heavy atom. The highest BCUT2D eigenvalue weighted by molar-refractivity contribution is 6.02. The van der Waals surface area contributed by atoms with E-state index in [0.717, 1.165) is 32.0 Å². The minimum atomic E-state index is -0.234. The normalized spacial score (nSPS) is 15.1. The van der Waals surface area contributed by atoms with Gasteiger partial charge >= 0.3 is 0 Å². The maximum atomic E-state index is 12.3. The zero-order chi connectivity index (χ0) is 20.6. The number of hydrogen-bond donors (Lipinski definition) is 1. The second-order valence-electron chi connectivity index (χ2n) is 7.83. The third-order valence-corrected chi connectivity index (χ3v) is 5.67. The number of nitrogens with zero attached hydrogens (tertiary/aromatic N) is 4. The molecule has 6 heteroatoms. The first-order valence-corrected chi connectivity index (χ1v) is 10.5. The summed E-state index contributed by atoms with van der Waals surface area (Å²) in [6, 6.07) is 13.5. The smallest absolute Gasteiger partial charge is 0.275 e. The summed E-state index contributed by atoms with van der Waals surface area (Å²) in [5.74, 6) is 1.09. The van der Waals surface area contributed by atoms with Crippen molar-refractivity contribution >= 4 is 11.7 Å². The molecule has 30 heavy (non-hydrogen) atoms. The molecule has 0 aliphatic carbocycles. The predicted octanol–water partition coefficient (Wildman–Crippen LogP) is 3.97. The summed E-state index contributed by atoms with van der Waals surface area (Å²) in [6.45, 7) is 3.31. The Balaban J connectivity index is 1.24. The molecule has 0 unspecified atom stereocenters. The molecule has 3 aromatic rings. The fraction of sp³-hybridized carbons (Fsp3) is 0.333. The van der Waals surface area contributed by atoms with E-state index in [9.17, 15) is 4.79 Å². The van der Waals surface area contributed by atoms with Gasteiger partial charge in [-0.25, -0.2) is 4.98 Å². The number of aromatic nitrogens is 3. The van der Waals surface area contributed by atoms with Crippen LogP contribution in [0.5, 0.6) is 0 Å². The van der Waals surface area contributed by atoms with Crippen LogP contribution in [-0.4, -0.2) is 38.8 Å². The van der Waals surface area contributed by atoms with E-state index in [-0.39, 0.29) is 5.91 Å². The fourth-order valence-electron chi connectivity index (χ4n) is 3.93. The second-order valence-corrected chi connectivity index (χ2v) is 7.83. The molecular formula is C24H27N5O. The minimum absolute atomic E-state index is 0.234. The van der Waals surface area contributed by atoms with Gasteiger partial charge in [0.15, 0.2) is 0 Å². The lowest BCUT2D eigenvalue weighted by atomic mass is 9.90. The van der Waals surface area contributed by atoms with E-state index in [0.29, 0.717) is 11.5 Å². The van der Waals surface area contributed by atoms with E-state index in [4.69, 9.17) is 0 Å². The monoisotopic (exact) mass is 401 g/mol. The molecule has 1 aliphatic rings. The highest BCUT2D eigenvalue weighted by Crippen LogP contribution is 2.24. The minimum Gasteiger partial charge on any atom is -0.305 e. The largest absolute Gasteiger partial charge is 0.305 e. The molecule has 1 aliphatic heterocycles. The van der Waals surface area contributed by atoms with Crippen molar-refractivity contribution in [3.63, 3.8) is 0 Å². The number of hydrogen-bond acceptors (Lipinski definition) is 5. The van der Waals surface area contributed by atoms with Crippen LogP contribution in [0, 0.1) is 5.92 Å². The van der Waals surface area contributed by atoms with Crippen molar-refractivity contribution in [2.75, 3.05) is 18.4 Å². The van der Waals surface area contributed by atoms with Gasteiger partial charge in [0.05, 0.1) is 0 Å². The van der Waals surface area contributed by atoms with Gasteiger partial charge in [0.25, 0.3) is 5.91 Å². The molecule has 0 bridgehead atoms. The molecule has 0 radical (unpaired) electrons. The first-order chi connectivity index (χ1) is 14.8. The average Bonchev–Trinajstić information content (AvgIpc) is 2.80. The third-order valence-electron chi connectivity index (χ3n) is 5.67. The van der Waals surface area contributed by atoms with Crippen LogP contribution >= 0.6 is 0 Å². The van der Waals surface area contributed by atoms with Crippen molar-refractivity contribution in [1.82, 2.24) is 19.9 Å². The Morgan fingerprint density at radius 3 is 2.53 bits per heavy atom. The quantitative estimate of drug-likeness (QED) is 0.649. The van der Waals surface area contributed by atoms with Gasteiger partial charge in [-0.3, -0.25) is 19.7 Å². The molecule has 1 N–H and O–H groups in total. The van der Waals surface area contributed by atoms with Crippen molar-refractivity contribution in [1.29, 1.82) is 0 Å². The van der Waals surface area contributed by atoms with Gasteiger partial charge in [0, 0.05) is 31.3 Å². The Hall–Kier alpha value is -3.12. The van der Waals surface area contributed by atoms with Gasteiger partial charge in [0.2, 0.25) is 0 Å². The zero-order valence-corrected chi connectivity index (χ0v) is 17.1. The van der Waals surface area contributed by atoms with Gasteiger partial charge in [-0.15, -0.1) is 0 Å². The summed E-state index contributed by atoms with van der Waals surface area (Å²) in [6.07, 6.45) is 11.7. The SMILES string of the molecule is O=C(Nc1cc(CCC2CCN(Cc3ccncc3)CC2)ccn1)c1ccccn1. The summed E-state index contributed by atoms with van der Waals surface area (Å²) < 4.78 is 0. The Morgan fingerprint density at radius 2 is 1.77 bits per heavy atom. The number of nitrogens with one attached hydrogen (secondary N) is 1. The molecule has 154 valence electrons. The molecule has 1 fully saturated rings.